The number of aromatic nitrogens is 2. The molecule has 54 heavy (non-hydrogen) atoms. The highest BCUT2D eigenvalue weighted by Gasteiger charge is 2.39. The summed E-state index contributed by atoms with van der Waals surface area (Å²) in [5.41, 5.74) is 4.30. The summed E-state index contributed by atoms with van der Waals surface area (Å²) in [6.45, 7) is 4.53. The predicted molar refractivity (Wildman–Crippen MR) is 198 cm³/mol. The van der Waals surface area contributed by atoms with Crippen LogP contribution in [0.4, 0.5) is 15.3 Å². The molecule has 16 heteroatoms. The van der Waals surface area contributed by atoms with Crippen molar-refractivity contribution >= 4 is 35.6 Å². The van der Waals surface area contributed by atoms with Gasteiger partial charge in [-0.1, -0.05) is 36.4 Å². The van der Waals surface area contributed by atoms with E-state index in [1.165, 1.54) is 28.4 Å². The third-order valence-electron chi connectivity index (χ3n) is 10.1. The number of nitrogens with zero attached hydrogens (tertiary/aromatic N) is 3. The Bertz CT molecular complexity index is 1780. The lowest BCUT2D eigenvalue weighted by Crippen LogP contribution is -2.54. The Morgan fingerprint density at radius 1 is 0.759 bits per heavy atom. The van der Waals surface area contributed by atoms with Crippen LogP contribution in [0.25, 0.3) is 22.4 Å². The number of anilines is 1. The summed E-state index contributed by atoms with van der Waals surface area (Å²) in [5.74, 6) is -0.529. The molecule has 3 heterocycles. The smallest absolute Gasteiger partial charge is 0.407 e. The third-order valence-corrected chi connectivity index (χ3v) is 10.1. The van der Waals surface area contributed by atoms with Crippen molar-refractivity contribution in [1.82, 2.24) is 30.4 Å². The van der Waals surface area contributed by atoms with E-state index in [1.54, 1.807) is 29.8 Å². The Morgan fingerprint density at radius 2 is 1.31 bits per heavy atom. The highest BCUT2D eigenvalue weighted by Crippen LogP contribution is 2.33. The maximum atomic E-state index is 13.6. The standard InChI is InChI=1S/C38H49N7O9/c1-22(51-3)31(42-37(49)53-5)35(47)44-19-17-27(21-44)34(46)40-28-15-13-25(14-16-28)24-9-11-26(12-10-24)29-20-39-33(41-29)30-8-7-18-45(30)36(48)32(23(2)52-4)43-38(50)54-6/h9-16,20,22-23,27,30-32H,7-8,17-19,21H2,1-6H3,(H,39,41)(H,40,46)(H,42,49)(H,43,50)/t22-,23-,27+,30+,31+,32-/m1/s1. The number of aromatic amines is 1. The summed E-state index contributed by atoms with van der Waals surface area (Å²) >= 11 is 0. The average molecular weight is 748 g/mol. The van der Waals surface area contributed by atoms with Gasteiger partial charge in [0.05, 0.1) is 50.3 Å². The number of methoxy groups -OCH3 is 4. The number of alkyl carbamates (subject to hydrolysis) is 2. The Kier molecular flexibility index (Phi) is 13.3. The number of amides is 5. The first-order valence-corrected chi connectivity index (χ1v) is 17.9. The molecule has 6 atom stereocenters. The van der Waals surface area contributed by atoms with Crippen molar-refractivity contribution in [3.63, 3.8) is 0 Å². The van der Waals surface area contributed by atoms with Gasteiger partial charge >= 0.3 is 12.2 Å². The third kappa shape index (κ3) is 9.17. The van der Waals surface area contributed by atoms with E-state index in [-0.39, 0.29) is 30.3 Å². The van der Waals surface area contributed by atoms with Gasteiger partial charge in [-0.2, -0.15) is 0 Å². The van der Waals surface area contributed by atoms with Gasteiger partial charge in [0.1, 0.15) is 17.9 Å². The number of hydrogen-bond acceptors (Lipinski definition) is 10. The van der Waals surface area contributed by atoms with Crippen LogP contribution >= 0.6 is 0 Å². The summed E-state index contributed by atoms with van der Waals surface area (Å²) in [6, 6.07) is 13.4. The minimum absolute atomic E-state index is 0.189. The zero-order valence-electron chi connectivity index (χ0n) is 31.4. The van der Waals surface area contributed by atoms with E-state index in [0.717, 1.165) is 35.2 Å². The fourth-order valence-corrected chi connectivity index (χ4v) is 6.75. The van der Waals surface area contributed by atoms with Crippen LogP contribution in [0.1, 0.15) is 45.0 Å². The molecule has 0 saturated carbocycles. The van der Waals surface area contributed by atoms with Gasteiger partial charge in [-0.3, -0.25) is 14.4 Å². The number of ether oxygens (including phenoxy) is 4. The molecule has 4 N–H and O–H groups in total. The van der Waals surface area contributed by atoms with Crippen LogP contribution in [0.15, 0.2) is 54.7 Å². The van der Waals surface area contributed by atoms with Crippen molar-refractivity contribution in [3.05, 3.63) is 60.6 Å². The summed E-state index contributed by atoms with van der Waals surface area (Å²) in [6.07, 6.45) is 1.17. The van der Waals surface area contributed by atoms with Crippen molar-refractivity contribution < 1.29 is 42.9 Å². The van der Waals surface area contributed by atoms with Crippen LogP contribution in [0.2, 0.25) is 0 Å². The van der Waals surface area contributed by atoms with E-state index >= 15 is 0 Å². The maximum Gasteiger partial charge on any atom is 0.407 e. The Balaban J connectivity index is 1.18. The largest absolute Gasteiger partial charge is 0.453 e. The van der Waals surface area contributed by atoms with E-state index in [0.29, 0.717) is 31.0 Å². The molecule has 5 rings (SSSR count). The van der Waals surface area contributed by atoms with Crippen molar-refractivity contribution in [3.8, 4) is 22.4 Å². The number of imidazole rings is 1. The van der Waals surface area contributed by atoms with E-state index in [4.69, 9.17) is 14.2 Å². The number of benzene rings is 2. The Labute approximate surface area is 314 Å². The first kappa shape index (κ1) is 39.7. The van der Waals surface area contributed by atoms with Gasteiger partial charge in [0.15, 0.2) is 0 Å². The molecule has 0 bridgehead atoms. The van der Waals surface area contributed by atoms with E-state index in [1.807, 2.05) is 48.5 Å². The van der Waals surface area contributed by atoms with Crippen molar-refractivity contribution in [2.24, 2.45) is 5.92 Å². The van der Waals surface area contributed by atoms with E-state index < -0.39 is 42.4 Å². The lowest BCUT2D eigenvalue weighted by Gasteiger charge is -2.30. The SMILES string of the molecule is COC(=O)N[C@H](C(=O)N1CC[C@H](C(=O)Nc2ccc(-c3ccc(-c4cnc([C@@H]5CCCN5C(=O)[C@H](NC(=O)OC)[C@@H](C)OC)[nH]4)cc3)cc2)C1)[C@@H](C)OC. The summed E-state index contributed by atoms with van der Waals surface area (Å²) in [7, 11) is 5.41. The topological polar surface area (TPSA) is 194 Å². The molecule has 0 radical (unpaired) electrons. The number of hydrogen-bond donors (Lipinski definition) is 4. The van der Waals surface area contributed by atoms with Gasteiger partial charge in [-0.15, -0.1) is 0 Å². The zero-order chi connectivity index (χ0) is 38.9. The first-order valence-electron chi connectivity index (χ1n) is 17.9. The first-order chi connectivity index (χ1) is 26.0. The molecule has 2 saturated heterocycles. The van der Waals surface area contributed by atoms with Crippen LogP contribution in [0, 0.1) is 5.92 Å². The van der Waals surface area contributed by atoms with E-state index in [2.05, 4.69) is 30.7 Å². The second kappa shape index (κ2) is 18.0. The van der Waals surface area contributed by atoms with E-state index in [9.17, 15) is 24.0 Å². The molecular weight excluding hydrogens is 698 g/mol. The molecule has 290 valence electrons. The molecule has 2 aliphatic heterocycles. The molecule has 2 fully saturated rings. The van der Waals surface area contributed by atoms with Crippen molar-refractivity contribution in [2.75, 3.05) is 53.4 Å². The summed E-state index contributed by atoms with van der Waals surface area (Å²) < 4.78 is 20.0. The van der Waals surface area contributed by atoms with Gasteiger partial charge in [0.2, 0.25) is 17.7 Å². The Morgan fingerprint density at radius 3 is 1.89 bits per heavy atom. The molecule has 2 aliphatic rings. The quantitative estimate of drug-likeness (QED) is 0.200. The zero-order valence-corrected chi connectivity index (χ0v) is 31.4. The fourth-order valence-electron chi connectivity index (χ4n) is 6.75. The number of carbonyl (C=O) groups excluding carboxylic acids is 5. The summed E-state index contributed by atoms with van der Waals surface area (Å²) in [4.78, 5) is 75.0. The number of likely N-dealkylation sites (tertiary alicyclic amines) is 2. The molecule has 0 aliphatic carbocycles. The molecule has 5 amide bonds. The minimum atomic E-state index is -0.939. The molecule has 2 aromatic carbocycles. The number of carbonyl (C=O) groups is 5. The predicted octanol–water partition coefficient (Wildman–Crippen LogP) is 3.71. The number of H-pyrrole nitrogens is 1. The maximum absolute atomic E-state index is 13.6. The van der Waals surface area contributed by atoms with Gasteiger partial charge in [0, 0.05) is 39.5 Å². The van der Waals surface area contributed by atoms with Crippen LogP contribution in [0.3, 0.4) is 0 Å². The average Bonchev–Trinajstić information content (AvgIpc) is 4.00. The van der Waals surface area contributed by atoms with Gasteiger partial charge in [0.25, 0.3) is 0 Å². The minimum Gasteiger partial charge on any atom is -0.453 e. The monoisotopic (exact) mass is 747 g/mol. The van der Waals surface area contributed by atoms with Gasteiger partial charge in [-0.05, 0) is 61.9 Å². The Hall–Kier alpha value is -5.48. The van der Waals surface area contributed by atoms with Crippen LogP contribution in [0.5, 0.6) is 0 Å². The second-order valence-electron chi connectivity index (χ2n) is 13.4. The number of nitrogens with one attached hydrogen (secondary N) is 4. The molecule has 16 nitrogen and oxygen atoms in total. The molecule has 3 aromatic rings. The highest BCUT2D eigenvalue weighted by atomic mass is 16.5. The number of rotatable bonds is 13. The van der Waals surface area contributed by atoms with Crippen LogP contribution < -0.4 is 16.0 Å². The molecule has 0 unspecified atom stereocenters. The van der Waals surface area contributed by atoms with Crippen molar-refractivity contribution in [1.29, 1.82) is 0 Å². The van der Waals surface area contributed by atoms with Crippen LogP contribution in [-0.4, -0.2) is 122 Å². The lowest BCUT2D eigenvalue weighted by atomic mass is 10.0. The van der Waals surface area contributed by atoms with Gasteiger partial charge < -0.3 is 49.7 Å². The molecule has 1 aromatic heterocycles. The van der Waals surface area contributed by atoms with Crippen molar-refractivity contribution in [2.45, 2.75) is 63.4 Å². The second-order valence-corrected chi connectivity index (χ2v) is 13.4. The lowest BCUT2D eigenvalue weighted by molar-refractivity contribution is -0.138. The molecular formula is C38H49N7O9. The van der Waals surface area contributed by atoms with Crippen LogP contribution in [-0.2, 0) is 33.3 Å². The summed E-state index contributed by atoms with van der Waals surface area (Å²) in [5, 5.41) is 8.09. The van der Waals surface area contributed by atoms with Gasteiger partial charge in [-0.25, -0.2) is 14.6 Å². The fraction of sp³-hybridized carbons (Fsp3) is 0.474. The highest BCUT2D eigenvalue weighted by molar-refractivity contribution is 5.94. The molecule has 0 spiro atoms. The normalized spacial score (nSPS) is 19.0.